The summed E-state index contributed by atoms with van der Waals surface area (Å²) in [6.45, 7) is 1.05. The molecule has 3 heterocycles. The van der Waals surface area contributed by atoms with Crippen LogP contribution >= 0.6 is 23.5 Å². The Morgan fingerprint density at radius 1 is 1.39 bits per heavy atom. The Hall–Kier alpha value is -2.53. The van der Waals surface area contributed by atoms with Gasteiger partial charge in [-0.05, 0) is 12.1 Å². The van der Waals surface area contributed by atoms with Crippen molar-refractivity contribution in [2.24, 2.45) is 0 Å². The molecule has 1 aromatic heterocycles. The van der Waals surface area contributed by atoms with Crippen LogP contribution in [0.4, 0.5) is 0 Å². The van der Waals surface area contributed by atoms with Crippen LogP contribution < -0.4 is 5.32 Å². The molecule has 9 nitrogen and oxygen atoms in total. The van der Waals surface area contributed by atoms with Gasteiger partial charge in [-0.3, -0.25) is 24.3 Å². The van der Waals surface area contributed by atoms with E-state index in [4.69, 9.17) is 4.74 Å². The van der Waals surface area contributed by atoms with Gasteiger partial charge < -0.3 is 15.2 Å². The Balaban J connectivity index is 1.62. The number of rotatable bonds is 7. The second-order valence-electron chi connectivity index (χ2n) is 5.96. The summed E-state index contributed by atoms with van der Waals surface area (Å²) in [5, 5.41) is 11.7. The molecule has 2 amide bonds. The van der Waals surface area contributed by atoms with Gasteiger partial charge in [0, 0.05) is 35.5 Å². The van der Waals surface area contributed by atoms with Gasteiger partial charge in [0.2, 0.25) is 5.91 Å². The summed E-state index contributed by atoms with van der Waals surface area (Å²) in [6.07, 6.45) is 3.25. The number of carboxylic acids is 1. The van der Waals surface area contributed by atoms with Crippen LogP contribution in [0.1, 0.15) is 6.92 Å². The van der Waals surface area contributed by atoms with Crippen LogP contribution in [0.15, 0.2) is 40.7 Å². The predicted octanol–water partition coefficient (Wildman–Crippen LogP) is 0.475. The fourth-order valence-corrected chi connectivity index (χ4v) is 4.80. The molecule has 1 unspecified atom stereocenters. The van der Waals surface area contributed by atoms with Crippen molar-refractivity contribution in [3.63, 3.8) is 0 Å². The molecule has 28 heavy (non-hydrogen) atoms. The number of hydrogen-bond acceptors (Lipinski definition) is 8. The number of β-lactam (4-membered cyclic amide) rings is 1. The van der Waals surface area contributed by atoms with Crippen LogP contribution in [0.25, 0.3) is 0 Å². The molecule has 11 heteroatoms. The molecule has 2 aliphatic rings. The summed E-state index contributed by atoms with van der Waals surface area (Å²) in [5.74, 6) is -2.18. The molecule has 1 fully saturated rings. The number of esters is 1. The first-order valence-electron chi connectivity index (χ1n) is 8.24. The highest BCUT2D eigenvalue weighted by atomic mass is 32.2. The summed E-state index contributed by atoms with van der Waals surface area (Å²) >= 11 is 2.64. The van der Waals surface area contributed by atoms with Crippen LogP contribution in [0.3, 0.4) is 0 Å². The number of carbonyl (C=O) groups excluding carboxylic acids is 3. The van der Waals surface area contributed by atoms with E-state index in [-0.39, 0.29) is 24.0 Å². The van der Waals surface area contributed by atoms with Gasteiger partial charge in [-0.1, -0.05) is 0 Å². The average molecular weight is 423 g/mol. The summed E-state index contributed by atoms with van der Waals surface area (Å²) in [6, 6.07) is 2.78. The number of aromatic nitrogens is 1. The quantitative estimate of drug-likeness (QED) is 0.366. The average Bonchev–Trinajstić information content (AvgIpc) is 2.68. The van der Waals surface area contributed by atoms with E-state index in [1.165, 1.54) is 30.4 Å². The standard InChI is InChI=1S/C17H17N3O6S2/c1-9(21)26-6-10-7-28-16-13(15(23)20(16)14(10)17(24)25)19-12(22)8-27-11-2-4-18-5-3-11/h2-5,13,16H,6-8H2,1H3,(H,19,22)(H,24,25)/t13-,16?/m1/s1. The maximum absolute atomic E-state index is 12.5. The van der Waals surface area contributed by atoms with E-state index >= 15 is 0 Å². The lowest BCUT2D eigenvalue weighted by atomic mass is 10.0. The number of nitrogens with one attached hydrogen (secondary N) is 1. The molecular weight excluding hydrogens is 406 g/mol. The van der Waals surface area contributed by atoms with Crippen molar-refractivity contribution in [3.05, 3.63) is 35.8 Å². The van der Waals surface area contributed by atoms with Gasteiger partial charge >= 0.3 is 11.9 Å². The molecule has 0 radical (unpaired) electrons. The minimum atomic E-state index is -1.26. The van der Waals surface area contributed by atoms with Gasteiger partial charge in [0.1, 0.15) is 23.7 Å². The molecule has 0 saturated carbocycles. The van der Waals surface area contributed by atoms with Crippen molar-refractivity contribution in [2.45, 2.75) is 23.2 Å². The molecule has 0 bridgehead atoms. The first-order chi connectivity index (χ1) is 13.4. The Bertz CT molecular complexity index is 845. The minimum Gasteiger partial charge on any atom is -0.477 e. The van der Waals surface area contributed by atoms with Gasteiger partial charge in [0.25, 0.3) is 5.91 Å². The summed E-state index contributed by atoms with van der Waals surface area (Å²) in [4.78, 5) is 53.2. The summed E-state index contributed by atoms with van der Waals surface area (Å²) < 4.78 is 4.88. The fraction of sp³-hybridized carbons (Fsp3) is 0.353. The maximum Gasteiger partial charge on any atom is 0.352 e. The number of carboxylic acid groups (broad SMARTS) is 1. The molecule has 2 aliphatic heterocycles. The first-order valence-corrected chi connectivity index (χ1v) is 10.3. The van der Waals surface area contributed by atoms with Crippen molar-refractivity contribution in [1.29, 1.82) is 0 Å². The lowest BCUT2D eigenvalue weighted by Gasteiger charge is -2.49. The van der Waals surface area contributed by atoms with Crippen LogP contribution in [0.2, 0.25) is 0 Å². The number of fused-ring (bicyclic) bond motifs is 1. The zero-order valence-electron chi connectivity index (χ0n) is 14.8. The highest BCUT2D eigenvalue weighted by Crippen LogP contribution is 2.40. The third-order valence-electron chi connectivity index (χ3n) is 4.04. The SMILES string of the molecule is CC(=O)OCC1=C(C(=O)O)N2C(=O)[C@@H](NC(=O)CSc3ccncc3)C2SC1. The topological polar surface area (TPSA) is 126 Å². The van der Waals surface area contributed by atoms with E-state index in [1.807, 2.05) is 0 Å². The van der Waals surface area contributed by atoms with Crippen molar-refractivity contribution in [3.8, 4) is 0 Å². The smallest absolute Gasteiger partial charge is 0.352 e. The molecule has 148 valence electrons. The Morgan fingerprint density at radius 2 is 2.11 bits per heavy atom. The van der Waals surface area contributed by atoms with Crippen molar-refractivity contribution in [2.75, 3.05) is 18.1 Å². The third kappa shape index (κ3) is 4.30. The maximum atomic E-state index is 12.5. The number of carbonyl (C=O) groups is 4. The largest absolute Gasteiger partial charge is 0.477 e. The van der Waals surface area contributed by atoms with Crippen LogP contribution in [0.5, 0.6) is 0 Å². The molecule has 2 atom stereocenters. The van der Waals surface area contributed by atoms with Crippen LogP contribution in [-0.4, -0.2) is 68.3 Å². The van der Waals surface area contributed by atoms with Crippen LogP contribution in [-0.2, 0) is 23.9 Å². The lowest BCUT2D eigenvalue weighted by Crippen LogP contribution is -2.70. The Morgan fingerprint density at radius 3 is 2.75 bits per heavy atom. The fourth-order valence-electron chi connectivity index (χ4n) is 2.78. The predicted molar refractivity (Wildman–Crippen MR) is 101 cm³/mol. The molecule has 0 aromatic carbocycles. The molecule has 1 saturated heterocycles. The summed E-state index contributed by atoms with van der Waals surface area (Å²) in [5.41, 5.74) is 0.182. The first kappa shape index (κ1) is 20.2. The van der Waals surface area contributed by atoms with Crippen molar-refractivity contribution < 1.29 is 29.0 Å². The third-order valence-corrected chi connectivity index (χ3v) is 6.39. The molecule has 1 aromatic rings. The number of aliphatic carboxylic acids is 1. The zero-order valence-corrected chi connectivity index (χ0v) is 16.4. The normalized spacial score (nSPS) is 20.9. The molecule has 0 spiro atoms. The van der Waals surface area contributed by atoms with Gasteiger partial charge in [-0.15, -0.1) is 23.5 Å². The number of amides is 2. The highest BCUT2D eigenvalue weighted by Gasteiger charge is 2.54. The highest BCUT2D eigenvalue weighted by molar-refractivity contribution is 8.00. The monoisotopic (exact) mass is 423 g/mol. The van der Waals surface area contributed by atoms with E-state index in [0.29, 0.717) is 11.3 Å². The molecule has 3 rings (SSSR count). The second kappa shape index (κ2) is 8.65. The minimum absolute atomic E-state index is 0.129. The van der Waals surface area contributed by atoms with Crippen molar-refractivity contribution >= 4 is 47.3 Å². The number of nitrogens with zero attached hydrogens (tertiary/aromatic N) is 2. The van der Waals surface area contributed by atoms with Gasteiger partial charge in [0.15, 0.2) is 0 Å². The lowest BCUT2D eigenvalue weighted by molar-refractivity contribution is -0.150. The number of thioether (sulfide) groups is 2. The Labute approximate surface area is 168 Å². The molecule has 0 aliphatic carbocycles. The molecule has 2 N–H and O–H groups in total. The zero-order chi connectivity index (χ0) is 20.3. The Kier molecular flexibility index (Phi) is 6.25. The van der Waals surface area contributed by atoms with E-state index in [2.05, 4.69) is 10.3 Å². The van der Waals surface area contributed by atoms with Gasteiger partial charge in [0.05, 0.1) is 5.75 Å². The summed E-state index contributed by atoms with van der Waals surface area (Å²) in [7, 11) is 0. The van der Waals surface area contributed by atoms with Crippen molar-refractivity contribution in [1.82, 2.24) is 15.2 Å². The number of ether oxygens (including phenoxy) is 1. The van der Waals surface area contributed by atoms with Gasteiger partial charge in [-0.2, -0.15) is 0 Å². The van der Waals surface area contributed by atoms with E-state index < -0.39 is 29.3 Å². The van der Waals surface area contributed by atoms with Gasteiger partial charge in [-0.25, -0.2) is 4.79 Å². The molecular formula is C17H17N3O6S2. The van der Waals surface area contributed by atoms with E-state index in [1.54, 1.807) is 24.5 Å². The second-order valence-corrected chi connectivity index (χ2v) is 8.12. The van der Waals surface area contributed by atoms with E-state index in [9.17, 15) is 24.3 Å². The number of hydrogen-bond donors (Lipinski definition) is 2. The van der Waals surface area contributed by atoms with Crippen LogP contribution in [0, 0.1) is 0 Å². The van der Waals surface area contributed by atoms with E-state index in [0.717, 1.165) is 9.80 Å². The number of pyridine rings is 1.